The Morgan fingerprint density at radius 3 is 2.41 bits per heavy atom. The van der Waals surface area contributed by atoms with Crippen LogP contribution in [0.4, 0.5) is 13.2 Å². The van der Waals surface area contributed by atoms with Gasteiger partial charge in [-0.15, -0.1) is 13.2 Å². The topological polar surface area (TPSA) is 75.2 Å². The van der Waals surface area contributed by atoms with Crippen LogP contribution in [0.3, 0.4) is 0 Å². The second-order valence-corrected chi connectivity index (χ2v) is 9.92. The molecule has 1 aromatic heterocycles. The number of fused-ring (bicyclic) bond motifs is 1. The molecule has 2 N–H and O–H groups in total. The molecule has 0 saturated heterocycles. The van der Waals surface area contributed by atoms with Crippen LogP contribution in [-0.2, 0) is 10.8 Å². The molecule has 0 radical (unpaired) electrons. The van der Waals surface area contributed by atoms with Crippen molar-refractivity contribution in [1.29, 1.82) is 0 Å². The molecule has 10 heteroatoms. The molecule has 2 unspecified atom stereocenters. The second kappa shape index (κ2) is 12.1. The number of aliphatic hydroxyl groups excluding tert-OH is 1. The summed E-state index contributed by atoms with van der Waals surface area (Å²) in [6, 6.07) is 14.1. The van der Waals surface area contributed by atoms with Gasteiger partial charge in [0.15, 0.2) is 0 Å². The van der Waals surface area contributed by atoms with E-state index >= 15 is 0 Å². The van der Waals surface area contributed by atoms with Gasteiger partial charge in [-0.25, -0.2) is 4.98 Å². The van der Waals surface area contributed by atoms with Crippen molar-refractivity contribution >= 4 is 33.4 Å². The molecule has 198 valence electrons. The predicted molar refractivity (Wildman–Crippen MR) is 141 cm³/mol. The minimum Gasteiger partial charge on any atom is -0.405 e. The maximum absolute atomic E-state index is 12.9. The maximum Gasteiger partial charge on any atom is 0.573 e. The quantitative estimate of drug-likeness (QED) is 0.246. The third-order valence-corrected chi connectivity index (χ3v) is 7.35. The van der Waals surface area contributed by atoms with Crippen LogP contribution in [0.15, 0.2) is 59.5 Å². The third-order valence-electron chi connectivity index (χ3n) is 5.48. The molecule has 0 bridgehead atoms. The number of hydrogen-bond donors (Lipinski definition) is 2. The number of nitrogens with one attached hydrogen (secondary N) is 1. The number of ether oxygens (including phenoxy) is 1. The van der Waals surface area contributed by atoms with Crippen LogP contribution in [0.1, 0.15) is 50.2 Å². The number of imidazole rings is 1. The van der Waals surface area contributed by atoms with Crippen molar-refractivity contribution in [1.82, 2.24) is 9.97 Å². The first-order chi connectivity index (χ1) is 17.6. The van der Waals surface area contributed by atoms with Gasteiger partial charge in [0.25, 0.3) is 0 Å². The smallest absolute Gasteiger partial charge is 0.405 e. The number of aromatic amines is 1. The number of benzene rings is 3. The SMILES string of the molecule is CC.CCCS(=O)c1ccc(C(O)c2nc3c(C)c(-c4ccccc4OC(F)(F)F)c(Cl)cc3[nH]2)cc1. The van der Waals surface area contributed by atoms with E-state index in [4.69, 9.17) is 11.6 Å². The Morgan fingerprint density at radius 2 is 1.78 bits per heavy atom. The molecule has 4 aromatic rings. The highest BCUT2D eigenvalue weighted by molar-refractivity contribution is 7.85. The third kappa shape index (κ3) is 6.52. The average molecular weight is 553 g/mol. The molecule has 0 aliphatic rings. The fourth-order valence-corrected chi connectivity index (χ4v) is 5.30. The van der Waals surface area contributed by atoms with Gasteiger partial charge >= 0.3 is 6.36 Å². The van der Waals surface area contributed by atoms with E-state index in [1.807, 2.05) is 20.8 Å². The summed E-state index contributed by atoms with van der Waals surface area (Å²) in [5.74, 6) is 0.435. The lowest BCUT2D eigenvalue weighted by Crippen LogP contribution is -2.17. The van der Waals surface area contributed by atoms with E-state index in [2.05, 4.69) is 14.7 Å². The van der Waals surface area contributed by atoms with Gasteiger partial charge in [-0.1, -0.05) is 62.7 Å². The number of nitrogens with zero attached hydrogens (tertiary/aromatic N) is 1. The van der Waals surface area contributed by atoms with Gasteiger partial charge in [0.05, 0.1) is 26.9 Å². The minimum atomic E-state index is -4.86. The number of H-pyrrole nitrogens is 1. The van der Waals surface area contributed by atoms with Gasteiger partial charge in [-0.05, 0) is 48.7 Å². The van der Waals surface area contributed by atoms with Crippen LogP contribution in [0.2, 0.25) is 5.02 Å². The predicted octanol–water partition coefficient (Wildman–Crippen LogP) is 7.72. The van der Waals surface area contributed by atoms with Gasteiger partial charge < -0.3 is 14.8 Å². The van der Waals surface area contributed by atoms with E-state index in [0.29, 0.717) is 38.4 Å². The summed E-state index contributed by atoms with van der Waals surface area (Å²) in [5.41, 5.74) is 2.60. The molecule has 5 nitrogen and oxygen atoms in total. The molecule has 1 heterocycles. The van der Waals surface area contributed by atoms with Crippen LogP contribution < -0.4 is 4.74 Å². The lowest BCUT2D eigenvalue weighted by molar-refractivity contribution is -0.274. The lowest BCUT2D eigenvalue weighted by atomic mass is 9.98. The number of hydrogen-bond acceptors (Lipinski definition) is 4. The van der Waals surface area contributed by atoms with E-state index in [-0.39, 0.29) is 22.2 Å². The fraction of sp³-hybridized carbons (Fsp3) is 0.296. The van der Waals surface area contributed by atoms with Crippen molar-refractivity contribution in [3.05, 3.63) is 76.6 Å². The van der Waals surface area contributed by atoms with Crippen molar-refractivity contribution in [2.75, 3.05) is 5.75 Å². The second-order valence-electron chi connectivity index (χ2n) is 7.94. The molecule has 0 saturated carbocycles. The number of alkyl halides is 3. The standard InChI is InChI=1S/C25H22ClF3N2O3S.C2H6/c1-3-12-35(33)16-10-8-15(9-11-16)23(32)24-30-19-13-18(26)21(14(2)22(19)31-24)17-6-4-5-7-20(17)34-25(27,28)29;1-2/h4-11,13,23,32H,3,12H2,1-2H3,(H,30,31);1-2H3. The molecule has 0 amide bonds. The Morgan fingerprint density at radius 1 is 1.14 bits per heavy atom. The summed E-state index contributed by atoms with van der Waals surface area (Å²) in [7, 11) is -1.10. The zero-order valence-electron chi connectivity index (χ0n) is 20.8. The summed E-state index contributed by atoms with van der Waals surface area (Å²) in [5, 5.41) is 11.1. The molecular weight excluding hydrogens is 525 g/mol. The van der Waals surface area contributed by atoms with Gasteiger partial charge in [0, 0.05) is 21.8 Å². The van der Waals surface area contributed by atoms with Crippen LogP contribution >= 0.6 is 11.6 Å². The first kappa shape index (κ1) is 28.7. The highest BCUT2D eigenvalue weighted by Crippen LogP contribution is 2.41. The number of aryl methyl sites for hydroxylation is 1. The summed E-state index contributed by atoms with van der Waals surface area (Å²) in [4.78, 5) is 8.25. The van der Waals surface area contributed by atoms with Crippen LogP contribution in [0, 0.1) is 6.92 Å². The lowest BCUT2D eigenvalue weighted by Gasteiger charge is -2.16. The Labute approximate surface area is 221 Å². The molecule has 0 aliphatic carbocycles. The number of aromatic nitrogens is 2. The molecule has 3 aromatic carbocycles. The van der Waals surface area contributed by atoms with E-state index in [1.165, 1.54) is 18.2 Å². The first-order valence-corrected chi connectivity index (χ1v) is 13.5. The van der Waals surface area contributed by atoms with Crippen molar-refractivity contribution in [2.24, 2.45) is 0 Å². The number of halogens is 4. The molecule has 4 rings (SSSR count). The van der Waals surface area contributed by atoms with E-state index in [1.54, 1.807) is 43.3 Å². The van der Waals surface area contributed by atoms with Crippen LogP contribution in [0.5, 0.6) is 5.75 Å². The Balaban J connectivity index is 0.00000186. The summed E-state index contributed by atoms with van der Waals surface area (Å²) in [6.45, 7) is 7.65. The van der Waals surface area contributed by atoms with Gasteiger partial charge in [0.1, 0.15) is 17.7 Å². The monoisotopic (exact) mass is 552 g/mol. The number of aliphatic hydroxyl groups is 1. The highest BCUT2D eigenvalue weighted by Gasteiger charge is 2.32. The van der Waals surface area contributed by atoms with Crippen molar-refractivity contribution < 1.29 is 27.2 Å². The van der Waals surface area contributed by atoms with Crippen LogP contribution in [-0.4, -0.2) is 31.4 Å². The summed E-state index contributed by atoms with van der Waals surface area (Å²) >= 11 is 6.49. The van der Waals surface area contributed by atoms with Gasteiger partial charge in [0.2, 0.25) is 0 Å². The highest BCUT2D eigenvalue weighted by atomic mass is 35.5. The summed E-state index contributed by atoms with van der Waals surface area (Å²) < 4.78 is 55.2. The number of rotatable bonds is 7. The minimum absolute atomic E-state index is 0.176. The zero-order valence-corrected chi connectivity index (χ0v) is 22.4. The van der Waals surface area contributed by atoms with Gasteiger partial charge in [-0.3, -0.25) is 4.21 Å². The molecule has 0 aliphatic heterocycles. The van der Waals surface area contributed by atoms with E-state index < -0.39 is 23.3 Å². The molecule has 0 fully saturated rings. The number of para-hydroxylation sites is 1. The zero-order chi connectivity index (χ0) is 27.3. The molecule has 0 spiro atoms. The largest absolute Gasteiger partial charge is 0.573 e. The maximum atomic E-state index is 12.9. The van der Waals surface area contributed by atoms with Crippen molar-refractivity contribution in [2.45, 2.75) is 51.5 Å². The van der Waals surface area contributed by atoms with Crippen molar-refractivity contribution in [3.8, 4) is 16.9 Å². The molecular formula is C27H28ClF3N2O3S. The Hall–Kier alpha value is -2.88. The average Bonchev–Trinajstić information content (AvgIpc) is 3.29. The summed E-state index contributed by atoms with van der Waals surface area (Å²) in [6.07, 6.45) is -5.16. The molecule has 2 atom stereocenters. The van der Waals surface area contributed by atoms with E-state index in [9.17, 15) is 22.5 Å². The van der Waals surface area contributed by atoms with Crippen LogP contribution in [0.25, 0.3) is 22.2 Å². The normalized spacial score (nSPS) is 13.1. The first-order valence-electron chi connectivity index (χ1n) is 11.8. The fourth-order valence-electron chi connectivity index (χ4n) is 3.90. The van der Waals surface area contributed by atoms with E-state index in [0.717, 1.165) is 6.42 Å². The molecule has 37 heavy (non-hydrogen) atoms. The Bertz CT molecular complexity index is 1390. The van der Waals surface area contributed by atoms with Gasteiger partial charge in [-0.2, -0.15) is 0 Å². The van der Waals surface area contributed by atoms with Crippen molar-refractivity contribution in [3.63, 3.8) is 0 Å². The Kier molecular flexibility index (Phi) is 9.39.